The predicted molar refractivity (Wildman–Crippen MR) is 76.4 cm³/mol. The number of ether oxygens (including phenoxy) is 1. The molecule has 0 fully saturated rings. The molecule has 2 aromatic heterocycles. The van der Waals surface area contributed by atoms with Gasteiger partial charge in [0.05, 0.1) is 7.11 Å². The smallest absolute Gasteiger partial charge is 0.376 e. The lowest BCUT2D eigenvalue weighted by Gasteiger charge is -2.14. The Morgan fingerprint density at radius 3 is 2.76 bits per heavy atom. The summed E-state index contributed by atoms with van der Waals surface area (Å²) in [5, 5.41) is 13.9. The summed E-state index contributed by atoms with van der Waals surface area (Å²) in [6.45, 7) is 1.68. The number of aryl methyl sites for hydroxylation is 1. The molecular weight excluding hydrogens is 294 g/mol. The van der Waals surface area contributed by atoms with Gasteiger partial charge in [0, 0.05) is 16.6 Å². The van der Waals surface area contributed by atoms with Crippen LogP contribution in [0, 0.1) is 6.92 Å². The van der Waals surface area contributed by atoms with Crippen LogP contribution in [-0.2, 0) is 9.53 Å². The van der Waals surface area contributed by atoms with E-state index in [9.17, 15) is 14.7 Å². The molecule has 0 saturated heterocycles. The van der Waals surface area contributed by atoms with Crippen LogP contribution < -0.4 is 5.32 Å². The highest BCUT2D eigenvalue weighted by atomic mass is 32.1. The van der Waals surface area contributed by atoms with E-state index in [0.717, 1.165) is 0 Å². The van der Waals surface area contributed by atoms with Gasteiger partial charge >= 0.3 is 11.9 Å². The van der Waals surface area contributed by atoms with Crippen LogP contribution in [0.3, 0.4) is 0 Å². The Morgan fingerprint density at radius 2 is 2.19 bits per heavy atom. The Labute approximate surface area is 124 Å². The van der Waals surface area contributed by atoms with Gasteiger partial charge in [0.15, 0.2) is 6.04 Å². The highest BCUT2D eigenvalue weighted by Gasteiger charge is 2.22. The van der Waals surface area contributed by atoms with Gasteiger partial charge in [-0.05, 0) is 18.4 Å². The van der Waals surface area contributed by atoms with Crippen molar-refractivity contribution >= 4 is 29.1 Å². The first-order chi connectivity index (χ1) is 10.0. The number of rotatable bonds is 5. The molecule has 2 rings (SSSR count). The van der Waals surface area contributed by atoms with Gasteiger partial charge in [-0.2, -0.15) is 0 Å². The number of nitrogens with zero attached hydrogens (tertiary/aromatic N) is 2. The molecule has 0 spiro atoms. The van der Waals surface area contributed by atoms with Crippen molar-refractivity contribution in [2.75, 3.05) is 12.4 Å². The number of carboxylic acid groups (broad SMARTS) is 1. The zero-order valence-electron chi connectivity index (χ0n) is 11.4. The molecule has 7 nitrogen and oxygen atoms in total. The third kappa shape index (κ3) is 3.54. The molecule has 0 aliphatic heterocycles. The number of hydrogen-bond donors (Lipinski definition) is 2. The van der Waals surface area contributed by atoms with Crippen molar-refractivity contribution in [2.24, 2.45) is 0 Å². The lowest BCUT2D eigenvalue weighted by atomic mass is 10.2. The highest BCUT2D eigenvalue weighted by molar-refractivity contribution is 7.10. The Hall–Kier alpha value is -2.48. The van der Waals surface area contributed by atoms with Crippen LogP contribution in [-0.4, -0.2) is 34.1 Å². The van der Waals surface area contributed by atoms with Crippen molar-refractivity contribution < 1.29 is 19.4 Å². The molecule has 2 heterocycles. The molecule has 0 aliphatic carbocycles. The Morgan fingerprint density at radius 1 is 1.43 bits per heavy atom. The number of carbonyl (C=O) groups excluding carboxylic acids is 1. The van der Waals surface area contributed by atoms with Gasteiger partial charge in [0.1, 0.15) is 5.82 Å². The number of aromatic nitrogens is 2. The minimum absolute atomic E-state index is 0.115. The fourth-order valence-electron chi connectivity index (χ4n) is 1.68. The molecule has 21 heavy (non-hydrogen) atoms. The Kier molecular flexibility index (Phi) is 4.49. The molecule has 0 aromatic carbocycles. The highest BCUT2D eigenvalue weighted by Crippen LogP contribution is 2.23. The standard InChI is InChI=1S/C13H13N3O4S/c1-7-6-9(16-11(14-7)13(19)20-2)15-10(12(17)18)8-4-3-5-21-8/h3-6,10H,1-2H3,(H,17,18)(H,14,15,16). The summed E-state index contributed by atoms with van der Waals surface area (Å²) in [7, 11) is 1.23. The van der Waals surface area contributed by atoms with Crippen molar-refractivity contribution in [1.82, 2.24) is 9.97 Å². The van der Waals surface area contributed by atoms with Crippen LogP contribution in [0.4, 0.5) is 5.82 Å². The van der Waals surface area contributed by atoms with Crippen LogP contribution in [0.2, 0.25) is 0 Å². The third-order valence-electron chi connectivity index (χ3n) is 2.59. The monoisotopic (exact) mass is 307 g/mol. The maximum atomic E-state index is 11.5. The van der Waals surface area contributed by atoms with E-state index in [1.165, 1.54) is 18.4 Å². The summed E-state index contributed by atoms with van der Waals surface area (Å²) in [4.78, 5) is 31.4. The number of thiophene rings is 1. The third-order valence-corrected chi connectivity index (χ3v) is 3.53. The van der Waals surface area contributed by atoms with E-state index in [-0.39, 0.29) is 11.6 Å². The molecule has 1 unspecified atom stereocenters. The molecule has 0 saturated carbocycles. The predicted octanol–water partition coefficient (Wildman–Crippen LogP) is 1.87. The number of hydrogen-bond acceptors (Lipinski definition) is 7. The zero-order valence-corrected chi connectivity index (χ0v) is 12.2. The van der Waals surface area contributed by atoms with Gasteiger partial charge in [0.25, 0.3) is 0 Å². The molecule has 110 valence electrons. The van der Waals surface area contributed by atoms with Crippen LogP contribution in [0.15, 0.2) is 23.6 Å². The van der Waals surface area contributed by atoms with Crippen LogP contribution in [0.25, 0.3) is 0 Å². The number of nitrogens with one attached hydrogen (secondary N) is 1. The van der Waals surface area contributed by atoms with E-state index in [1.54, 1.807) is 30.5 Å². The number of aliphatic carboxylic acids is 1. The van der Waals surface area contributed by atoms with Gasteiger partial charge in [-0.3, -0.25) is 0 Å². The minimum atomic E-state index is -1.03. The zero-order chi connectivity index (χ0) is 15.4. The maximum Gasteiger partial charge on any atom is 0.376 e. The quantitative estimate of drug-likeness (QED) is 0.813. The summed E-state index contributed by atoms with van der Waals surface area (Å²) in [6.07, 6.45) is 0. The first-order valence-electron chi connectivity index (χ1n) is 5.98. The van der Waals surface area contributed by atoms with E-state index < -0.39 is 18.0 Å². The van der Waals surface area contributed by atoms with E-state index in [1.807, 2.05) is 0 Å². The second-order valence-electron chi connectivity index (χ2n) is 4.14. The van der Waals surface area contributed by atoms with Gasteiger partial charge in [-0.25, -0.2) is 19.6 Å². The van der Waals surface area contributed by atoms with Gasteiger partial charge < -0.3 is 15.2 Å². The minimum Gasteiger partial charge on any atom is -0.479 e. The summed E-state index contributed by atoms with van der Waals surface area (Å²) < 4.78 is 4.56. The van der Waals surface area contributed by atoms with Crippen LogP contribution >= 0.6 is 11.3 Å². The fourth-order valence-corrected chi connectivity index (χ4v) is 2.45. The van der Waals surface area contributed by atoms with Gasteiger partial charge in [0.2, 0.25) is 5.82 Å². The molecule has 0 aliphatic rings. The first-order valence-corrected chi connectivity index (χ1v) is 6.86. The molecule has 2 aromatic rings. The second kappa shape index (κ2) is 6.31. The SMILES string of the molecule is COC(=O)c1nc(C)cc(NC(C(=O)O)c2cccs2)n1. The number of esters is 1. The maximum absolute atomic E-state index is 11.5. The molecule has 8 heteroatoms. The Bertz CT molecular complexity index is 657. The average Bonchev–Trinajstić information content (AvgIpc) is 2.96. The molecule has 0 bridgehead atoms. The van der Waals surface area contributed by atoms with Crippen molar-refractivity contribution in [3.63, 3.8) is 0 Å². The number of carboxylic acids is 1. The van der Waals surface area contributed by atoms with E-state index in [4.69, 9.17) is 0 Å². The van der Waals surface area contributed by atoms with Crippen molar-refractivity contribution in [3.05, 3.63) is 40.0 Å². The van der Waals surface area contributed by atoms with E-state index in [0.29, 0.717) is 10.6 Å². The molecule has 2 N–H and O–H groups in total. The van der Waals surface area contributed by atoms with E-state index >= 15 is 0 Å². The van der Waals surface area contributed by atoms with Crippen LogP contribution in [0.1, 0.15) is 27.2 Å². The molecule has 0 radical (unpaired) electrons. The summed E-state index contributed by atoms with van der Waals surface area (Å²) in [5.41, 5.74) is 0.531. The largest absolute Gasteiger partial charge is 0.479 e. The van der Waals surface area contributed by atoms with E-state index in [2.05, 4.69) is 20.0 Å². The average molecular weight is 307 g/mol. The first kappa shape index (κ1) is 14.9. The van der Waals surface area contributed by atoms with Gasteiger partial charge in [-0.1, -0.05) is 6.07 Å². The molecule has 1 atom stereocenters. The summed E-state index contributed by atoms with van der Waals surface area (Å²) in [6, 6.07) is 4.11. The number of carbonyl (C=O) groups is 2. The number of anilines is 1. The molecule has 0 amide bonds. The van der Waals surface area contributed by atoms with Gasteiger partial charge in [-0.15, -0.1) is 11.3 Å². The lowest BCUT2D eigenvalue weighted by molar-refractivity contribution is -0.138. The summed E-state index contributed by atoms with van der Waals surface area (Å²) in [5.74, 6) is -1.57. The topological polar surface area (TPSA) is 101 Å². The van der Waals surface area contributed by atoms with Crippen molar-refractivity contribution in [1.29, 1.82) is 0 Å². The Balaban J connectivity index is 2.31. The fraction of sp³-hybridized carbons (Fsp3) is 0.231. The van der Waals surface area contributed by atoms with Crippen molar-refractivity contribution in [3.8, 4) is 0 Å². The normalized spacial score (nSPS) is 11.7. The summed E-state index contributed by atoms with van der Waals surface area (Å²) >= 11 is 1.32. The second-order valence-corrected chi connectivity index (χ2v) is 5.12. The molecular formula is C13H13N3O4S. The lowest BCUT2D eigenvalue weighted by Crippen LogP contribution is -2.21. The van der Waals surface area contributed by atoms with Crippen LogP contribution in [0.5, 0.6) is 0 Å². The van der Waals surface area contributed by atoms with Crippen molar-refractivity contribution in [2.45, 2.75) is 13.0 Å². The number of methoxy groups -OCH3 is 1.